The summed E-state index contributed by atoms with van der Waals surface area (Å²) in [6.07, 6.45) is -1.97. The van der Waals surface area contributed by atoms with Crippen molar-refractivity contribution in [1.29, 1.82) is 0 Å². The van der Waals surface area contributed by atoms with Crippen molar-refractivity contribution >= 4 is 40.9 Å². The van der Waals surface area contributed by atoms with E-state index in [2.05, 4.69) is 5.32 Å². The average molecular weight is 409 g/mol. The predicted octanol–water partition coefficient (Wildman–Crippen LogP) is 6.73. The monoisotopic (exact) mass is 407 g/mol. The zero-order valence-electron chi connectivity index (χ0n) is 13.2. The summed E-state index contributed by atoms with van der Waals surface area (Å²) in [6, 6.07) is 9.04. The molecular weight excluding hydrogens is 394 g/mol. The van der Waals surface area contributed by atoms with E-state index in [1.807, 2.05) is 0 Å². The minimum atomic E-state index is -4.45. The van der Waals surface area contributed by atoms with Gasteiger partial charge < -0.3 is 5.32 Å². The number of benzene rings is 2. The maximum absolute atomic E-state index is 13.4. The highest BCUT2D eigenvalue weighted by molar-refractivity contribution is 6.42. The summed E-state index contributed by atoms with van der Waals surface area (Å²) >= 11 is 17.8. The van der Waals surface area contributed by atoms with Crippen molar-refractivity contribution in [2.45, 2.75) is 18.6 Å². The minimum Gasteiger partial charge on any atom is -0.316 e. The lowest BCUT2D eigenvalue weighted by Crippen LogP contribution is -2.18. The zero-order valence-corrected chi connectivity index (χ0v) is 15.4. The Balaban J connectivity index is 2.32. The maximum atomic E-state index is 13.4. The summed E-state index contributed by atoms with van der Waals surface area (Å²) in [5, 5.41) is 3.76. The molecule has 0 aliphatic rings. The number of hydrogen-bond donors (Lipinski definition) is 1. The van der Waals surface area contributed by atoms with Crippen LogP contribution in [-0.2, 0) is 6.54 Å². The fourth-order valence-corrected chi connectivity index (χ4v) is 2.89. The molecule has 0 amide bonds. The lowest BCUT2D eigenvalue weighted by molar-refractivity contribution is -0.139. The van der Waals surface area contributed by atoms with Crippen molar-refractivity contribution in [2.75, 3.05) is 7.05 Å². The normalized spacial score (nSPS) is 13.4. The number of alkyl halides is 3. The van der Waals surface area contributed by atoms with Gasteiger partial charge in [-0.2, -0.15) is 13.2 Å². The maximum Gasteiger partial charge on any atom is 0.399 e. The van der Waals surface area contributed by atoms with Crippen LogP contribution in [0.25, 0.3) is 6.08 Å². The summed E-state index contributed by atoms with van der Waals surface area (Å²) in [5.41, 5.74) is 1.48. The molecule has 0 heterocycles. The molecule has 2 aromatic rings. The molecule has 0 aliphatic heterocycles. The molecular formula is C18H15Cl3F3N. The third-order valence-electron chi connectivity index (χ3n) is 3.58. The van der Waals surface area contributed by atoms with Crippen LogP contribution in [0.5, 0.6) is 0 Å². The fraction of sp³-hybridized carbons (Fsp3) is 0.222. The smallest absolute Gasteiger partial charge is 0.316 e. The summed E-state index contributed by atoms with van der Waals surface area (Å²) in [4.78, 5) is 0. The van der Waals surface area contributed by atoms with Gasteiger partial charge in [-0.25, -0.2) is 0 Å². The first-order valence-electron chi connectivity index (χ1n) is 7.35. The van der Waals surface area contributed by atoms with Crippen LogP contribution in [0.15, 0.2) is 42.5 Å². The van der Waals surface area contributed by atoms with Gasteiger partial charge >= 0.3 is 6.18 Å². The molecule has 1 nitrogen and oxygen atoms in total. The molecule has 0 saturated carbocycles. The molecule has 0 radical (unpaired) electrons. The standard InChI is InChI=1S/C18H15Cl3F3N/c1-25-10-13-4-2-11(8-16(13)20)3-6-14(18(22,23)24)12-5-7-15(19)17(21)9-12/h2-9,14,25H,10H2,1H3/b6-3+. The lowest BCUT2D eigenvalue weighted by atomic mass is 9.97. The Hall–Kier alpha value is -1.20. The Kier molecular flexibility index (Phi) is 6.80. The molecule has 1 atom stereocenters. The molecule has 1 unspecified atom stereocenters. The molecule has 0 spiro atoms. The quantitative estimate of drug-likeness (QED) is 0.578. The molecule has 1 N–H and O–H groups in total. The molecule has 0 aromatic heterocycles. The molecule has 7 heteroatoms. The van der Waals surface area contributed by atoms with Crippen LogP contribution in [-0.4, -0.2) is 13.2 Å². The first-order valence-corrected chi connectivity index (χ1v) is 8.48. The van der Waals surface area contributed by atoms with Crippen molar-refractivity contribution in [3.63, 3.8) is 0 Å². The zero-order chi connectivity index (χ0) is 18.6. The lowest BCUT2D eigenvalue weighted by Gasteiger charge is -2.18. The van der Waals surface area contributed by atoms with E-state index in [4.69, 9.17) is 34.8 Å². The van der Waals surface area contributed by atoms with Gasteiger partial charge in [0.05, 0.1) is 16.0 Å². The molecule has 2 rings (SSSR count). The Labute approximate surface area is 159 Å². The van der Waals surface area contributed by atoms with E-state index < -0.39 is 12.1 Å². The van der Waals surface area contributed by atoms with Gasteiger partial charge in [-0.05, 0) is 41.9 Å². The number of hydrogen-bond acceptors (Lipinski definition) is 1. The topological polar surface area (TPSA) is 12.0 Å². The van der Waals surface area contributed by atoms with Gasteiger partial charge in [-0.3, -0.25) is 0 Å². The molecule has 134 valence electrons. The van der Waals surface area contributed by atoms with Crippen molar-refractivity contribution in [3.8, 4) is 0 Å². The second-order valence-corrected chi connectivity index (χ2v) is 6.65. The van der Waals surface area contributed by atoms with E-state index in [0.717, 1.165) is 11.6 Å². The van der Waals surface area contributed by atoms with Crippen LogP contribution in [0.3, 0.4) is 0 Å². The molecule has 0 aliphatic carbocycles. The third kappa shape index (κ3) is 5.38. The van der Waals surface area contributed by atoms with Crippen molar-refractivity contribution in [3.05, 3.63) is 74.2 Å². The Morgan fingerprint density at radius 3 is 2.28 bits per heavy atom. The van der Waals surface area contributed by atoms with E-state index in [1.54, 1.807) is 25.2 Å². The summed E-state index contributed by atoms with van der Waals surface area (Å²) in [7, 11) is 1.79. The molecule has 0 fully saturated rings. The van der Waals surface area contributed by atoms with Gasteiger partial charge in [0.2, 0.25) is 0 Å². The minimum absolute atomic E-state index is 0.0241. The van der Waals surface area contributed by atoms with Crippen LogP contribution in [0.4, 0.5) is 13.2 Å². The van der Waals surface area contributed by atoms with Crippen molar-refractivity contribution in [1.82, 2.24) is 5.32 Å². The van der Waals surface area contributed by atoms with E-state index >= 15 is 0 Å². The second-order valence-electron chi connectivity index (χ2n) is 5.43. The first-order chi connectivity index (χ1) is 11.7. The Morgan fingerprint density at radius 1 is 1.00 bits per heavy atom. The van der Waals surface area contributed by atoms with E-state index in [0.29, 0.717) is 17.1 Å². The van der Waals surface area contributed by atoms with Gasteiger partial charge in [0, 0.05) is 11.6 Å². The average Bonchev–Trinajstić information content (AvgIpc) is 2.52. The molecule has 0 bridgehead atoms. The highest BCUT2D eigenvalue weighted by Gasteiger charge is 2.39. The van der Waals surface area contributed by atoms with Crippen LogP contribution in [0.1, 0.15) is 22.6 Å². The number of halogens is 6. The SMILES string of the molecule is CNCc1ccc(/C=C/C(c2ccc(Cl)c(Cl)c2)C(F)(F)F)cc1Cl. The van der Waals surface area contributed by atoms with Gasteiger partial charge in [0.1, 0.15) is 0 Å². The largest absolute Gasteiger partial charge is 0.399 e. The van der Waals surface area contributed by atoms with Crippen LogP contribution >= 0.6 is 34.8 Å². The van der Waals surface area contributed by atoms with Gasteiger partial charge in [0.15, 0.2) is 0 Å². The van der Waals surface area contributed by atoms with Crippen molar-refractivity contribution in [2.24, 2.45) is 0 Å². The molecule has 0 saturated heterocycles. The molecule has 2 aromatic carbocycles. The number of rotatable bonds is 5. The summed E-state index contributed by atoms with van der Waals surface area (Å²) < 4.78 is 40.3. The highest BCUT2D eigenvalue weighted by atomic mass is 35.5. The Bertz CT molecular complexity index is 773. The second kappa shape index (κ2) is 8.45. The van der Waals surface area contributed by atoms with Gasteiger partial charge in [-0.1, -0.05) is 65.2 Å². The fourth-order valence-electron chi connectivity index (χ4n) is 2.32. The van der Waals surface area contributed by atoms with E-state index in [-0.39, 0.29) is 15.6 Å². The highest BCUT2D eigenvalue weighted by Crippen LogP contribution is 2.38. The summed E-state index contributed by atoms with van der Waals surface area (Å²) in [5.74, 6) is -1.79. The van der Waals surface area contributed by atoms with E-state index in [1.165, 1.54) is 24.3 Å². The Morgan fingerprint density at radius 2 is 1.72 bits per heavy atom. The first kappa shape index (κ1) is 20.1. The molecule has 25 heavy (non-hydrogen) atoms. The van der Waals surface area contributed by atoms with Gasteiger partial charge in [0.25, 0.3) is 0 Å². The van der Waals surface area contributed by atoms with Gasteiger partial charge in [-0.15, -0.1) is 0 Å². The number of allylic oxidation sites excluding steroid dienone is 1. The van der Waals surface area contributed by atoms with Crippen LogP contribution in [0.2, 0.25) is 15.1 Å². The van der Waals surface area contributed by atoms with Crippen LogP contribution < -0.4 is 5.32 Å². The van der Waals surface area contributed by atoms with E-state index in [9.17, 15) is 13.2 Å². The summed E-state index contributed by atoms with van der Waals surface area (Å²) in [6.45, 7) is 0.581. The third-order valence-corrected chi connectivity index (χ3v) is 4.67. The predicted molar refractivity (Wildman–Crippen MR) is 98.5 cm³/mol. The van der Waals surface area contributed by atoms with Crippen LogP contribution in [0, 0.1) is 0 Å². The van der Waals surface area contributed by atoms with Crippen molar-refractivity contribution < 1.29 is 13.2 Å². The number of nitrogens with one attached hydrogen (secondary N) is 1.